The first-order valence-electron chi connectivity index (χ1n) is 7.09. The Labute approximate surface area is 134 Å². The van der Waals surface area contributed by atoms with Gasteiger partial charge < -0.3 is 10.3 Å². The summed E-state index contributed by atoms with van der Waals surface area (Å²) in [7, 11) is 1.81. The van der Waals surface area contributed by atoms with Gasteiger partial charge in [-0.25, -0.2) is 9.67 Å². The third-order valence-corrected chi connectivity index (χ3v) is 3.90. The molecule has 1 amide bonds. The summed E-state index contributed by atoms with van der Waals surface area (Å²) < 4.78 is 3.50. The molecule has 2 aromatic rings. The quantitative estimate of drug-likeness (QED) is 0.880. The molecule has 0 aliphatic heterocycles. The number of halogens is 1. The molecule has 0 unspecified atom stereocenters. The Balaban J connectivity index is 0.00000176. The second-order valence-corrected chi connectivity index (χ2v) is 5.47. The van der Waals surface area contributed by atoms with Gasteiger partial charge in [-0.15, -0.1) is 17.5 Å². The fourth-order valence-electron chi connectivity index (χ4n) is 2.58. The maximum absolute atomic E-state index is 12.1. The van der Waals surface area contributed by atoms with Crippen molar-refractivity contribution in [3.05, 3.63) is 24.3 Å². The van der Waals surface area contributed by atoms with Crippen LogP contribution >= 0.6 is 12.4 Å². The number of nitrogens with one attached hydrogen (secondary N) is 1. The monoisotopic (exact) mass is 325 g/mol. The van der Waals surface area contributed by atoms with Gasteiger partial charge in [-0.05, 0) is 25.7 Å². The number of hydrogen-bond acceptors (Lipinski definition) is 5. The predicted molar refractivity (Wildman–Crippen MR) is 83.9 cm³/mol. The van der Waals surface area contributed by atoms with Crippen LogP contribution in [-0.4, -0.2) is 36.5 Å². The summed E-state index contributed by atoms with van der Waals surface area (Å²) >= 11 is 0. The van der Waals surface area contributed by atoms with Gasteiger partial charge in [0, 0.05) is 25.5 Å². The number of carbonyl (C=O) groups is 1. The number of hydrogen-bond donors (Lipinski definition) is 2. The Morgan fingerprint density at radius 2 is 2.09 bits per heavy atom. The lowest BCUT2D eigenvalue weighted by atomic mass is 9.92. The van der Waals surface area contributed by atoms with Crippen LogP contribution in [0.3, 0.4) is 0 Å². The Bertz CT molecular complexity index is 630. The van der Waals surface area contributed by atoms with Crippen LogP contribution in [0.15, 0.2) is 18.6 Å². The summed E-state index contributed by atoms with van der Waals surface area (Å²) in [6.07, 6.45) is 9.00. The van der Waals surface area contributed by atoms with E-state index >= 15 is 0 Å². The van der Waals surface area contributed by atoms with Crippen molar-refractivity contribution in [3.63, 3.8) is 0 Å². The molecular weight excluding hydrogens is 306 g/mol. The zero-order chi connectivity index (χ0) is 14.8. The summed E-state index contributed by atoms with van der Waals surface area (Å²) in [5.74, 6) is 0.182. The van der Waals surface area contributed by atoms with Gasteiger partial charge in [0.15, 0.2) is 5.69 Å². The highest BCUT2D eigenvalue weighted by atomic mass is 35.5. The average molecular weight is 326 g/mol. The molecule has 0 spiro atoms. The van der Waals surface area contributed by atoms with Crippen molar-refractivity contribution >= 4 is 24.3 Å². The van der Waals surface area contributed by atoms with Crippen LogP contribution in [-0.2, 0) is 7.05 Å². The Morgan fingerprint density at radius 3 is 2.73 bits per heavy atom. The summed E-state index contributed by atoms with van der Waals surface area (Å²) in [5.41, 5.74) is 6.20. The second kappa shape index (κ2) is 6.89. The summed E-state index contributed by atoms with van der Waals surface area (Å²) in [4.78, 5) is 16.2. The first kappa shape index (κ1) is 16.4. The third kappa shape index (κ3) is 3.45. The number of nitrogens with zero attached hydrogens (tertiary/aromatic N) is 5. The van der Waals surface area contributed by atoms with E-state index in [1.807, 2.05) is 7.05 Å². The highest BCUT2D eigenvalue weighted by molar-refractivity contribution is 6.01. The van der Waals surface area contributed by atoms with E-state index in [1.165, 1.54) is 0 Å². The van der Waals surface area contributed by atoms with E-state index in [0.717, 1.165) is 25.7 Å². The summed E-state index contributed by atoms with van der Waals surface area (Å²) in [6, 6.07) is 0.572. The second-order valence-electron chi connectivity index (χ2n) is 5.47. The number of rotatable bonds is 3. The van der Waals surface area contributed by atoms with Crippen LogP contribution in [0.2, 0.25) is 0 Å². The van der Waals surface area contributed by atoms with Crippen LogP contribution in [0.25, 0.3) is 0 Å². The smallest absolute Gasteiger partial charge is 0.280 e. The highest BCUT2D eigenvalue weighted by Crippen LogP contribution is 2.26. The standard InChI is InChI=1S/C13H19N7O.ClH/c1-19-7-6-15-13(19)16-12(21)11-8-20(18-17-11)10-4-2-9(14)3-5-10;/h6-10H,2-5,14H2,1H3,(H,15,16,21);1H. The molecule has 8 nitrogen and oxygen atoms in total. The van der Waals surface area contributed by atoms with Crippen molar-refractivity contribution in [2.45, 2.75) is 37.8 Å². The van der Waals surface area contributed by atoms with Gasteiger partial charge in [0.1, 0.15) is 0 Å². The highest BCUT2D eigenvalue weighted by Gasteiger charge is 2.22. The molecule has 22 heavy (non-hydrogen) atoms. The molecule has 1 fully saturated rings. The molecule has 1 aliphatic carbocycles. The van der Waals surface area contributed by atoms with Crippen molar-refractivity contribution in [1.82, 2.24) is 24.5 Å². The number of imidazole rings is 1. The van der Waals surface area contributed by atoms with E-state index in [2.05, 4.69) is 20.6 Å². The molecule has 2 aromatic heterocycles. The van der Waals surface area contributed by atoms with E-state index in [0.29, 0.717) is 11.6 Å². The number of aryl methyl sites for hydroxylation is 1. The molecule has 0 radical (unpaired) electrons. The molecule has 1 aliphatic rings. The van der Waals surface area contributed by atoms with E-state index in [4.69, 9.17) is 5.73 Å². The van der Waals surface area contributed by atoms with E-state index < -0.39 is 0 Å². The summed E-state index contributed by atoms with van der Waals surface area (Å²) in [5, 5.41) is 10.7. The van der Waals surface area contributed by atoms with Crippen LogP contribution in [0.1, 0.15) is 42.2 Å². The van der Waals surface area contributed by atoms with Gasteiger partial charge in [-0.3, -0.25) is 10.1 Å². The first-order chi connectivity index (χ1) is 10.1. The molecule has 0 saturated heterocycles. The zero-order valence-corrected chi connectivity index (χ0v) is 13.2. The number of nitrogens with two attached hydrogens (primary N) is 1. The molecule has 2 heterocycles. The maximum atomic E-state index is 12.1. The first-order valence-corrected chi connectivity index (χ1v) is 7.09. The fourth-order valence-corrected chi connectivity index (χ4v) is 2.58. The lowest BCUT2D eigenvalue weighted by Gasteiger charge is -2.25. The third-order valence-electron chi connectivity index (χ3n) is 3.90. The van der Waals surface area contributed by atoms with Gasteiger partial charge in [-0.2, -0.15) is 0 Å². The Kier molecular flexibility index (Phi) is 5.15. The van der Waals surface area contributed by atoms with Gasteiger partial charge in [0.25, 0.3) is 5.91 Å². The normalized spacial score (nSPS) is 21.2. The number of aromatic nitrogens is 5. The number of anilines is 1. The van der Waals surface area contributed by atoms with Crippen molar-refractivity contribution < 1.29 is 4.79 Å². The molecule has 0 aromatic carbocycles. The van der Waals surface area contributed by atoms with Gasteiger partial charge in [0.2, 0.25) is 5.95 Å². The number of amides is 1. The Morgan fingerprint density at radius 1 is 1.36 bits per heavy atom. The van der Waals surface area contributed by atoms with E-state index in [9.17, 15) is 4.79 Å². The molecule has 3 N–H and O–H groups in total. The van der Waals surface area contributed by atoms with Crippen molar-refractivity contribution in [2.75, 3.05) is 5.32 Å². The summed E-state index contributed by atoms with van der Waals surface area (Å²) in [6.45, 7) is 0. The topological polar surface area (TPSA) is 104 Å². The molecule has 9 heteroatoms. The zero-order valence-electron chi connectivity index (χ0n) is 12.3. The molecule has 0 bridgehead atoms. The fraction of sp³-hybridized carbons (Fsp3) is 0.538. The van der Waals surface area contributed by atoms with Crippen LogP contribution in [0.4, 0.5) is 5.95 Å². The molecular formula is C13H20ClN7O. The lowest BCUT2D eigenvalue weighted by Crippen LogP contribution is -2.28. The SMILES string of the molecule is Cl.Cn1ccnc1NC(=O)c1cn(C2CCC(N)CC2)nn1. The minimum absolute atomic E-state index is 0. The molecule has 120 valence electrons. The molecule has 3 rings (SSSR count). The van der Waals surface area contributed by atoms with E-state index in [1.54, 1.807) is 27.8 Å². The van der Waals surface area contributed by atoms with Crippen molar-refractivity contribution in [3.8, 4) is 0 Å². The van der Waals surface area contributed by atoms with Crippen LogP contribution in [0, 0.1) is 0 Å². The van der Waals surface area contributed by atoms with E-state index in [-0.39, 0.29) is 30.4 Å². The van der Waals surface area contributed by atoms with Gasteiger partial charge in [-0.1, -0.05) is 5.21 Å². The van der Waals surface area contributed by atoms with Gasteiger partial charge >= 0.3 is 0 Å². The molecule has 0 atom stereocenters. The van der Waals surface area contributed by atoms with Crippen LogP contribution < -0.4 is 11.1 Å². The number of carbonyl (C=O) groups excluding carboxylic acids is 1. The Hall–Kier alpha value is -1.93. The largest absolute Gasteiger partial charge is 0.328 e. The van der Waals surface area contributed by atoms with Crippen molar-refractivity contribution in [2.24, 2.45) is 12.8 Å². The minimum Gasteiger partial charge on any atom is -0.328 e. The van der Waals surface area contributed by atoms with Gasteiger partial charge in [0.05, 0.1) is 12.2 Å². The lowest BCUT2D eigenvalue weighted by molar-refractivity contribution is 0.102. The van der Waals surface area contributed by atoms with Crippen LogP contribution in [0.5, 0.6) is 0 Å². The molecule has 1 saturated carbocycles. The predicted octanol–water partition coefficient (Wildman–Crippen LogP) is 1.13. The van der Waals surface area contributed by atoms with Crippen molar-refractivity contribution in [1.29, 1.82) is 0 Å². The average Bonchev–Trinajstić information content (AvgIpc) is 3.10. The maximum Gasteiger partial charge on any atom is 0.280 e. The minimum atomic E-state index is -0.303.